The lowest BCUT2D eigenvalue weighted by Gasteiger charge is -2.23. The number of ether oxygens (including phenoxy) is 2. The molecule has 0 aliphatic carbocycles. The maximum absolute atomic E-state index is 12.0. The minimum atomic E-state index is -0.381. The van der Waals surface area contributed by atoms with E-state index in [0.717, 1.165) is 18.4 Å². The van der Waals surface area contributed by atoms with Crippen molar-refractivity contribution in [3.05, 3.63) is 35.9 Å². The summed E-state index contributed by atoms with van der Waals surface area (Å²) in [6.07, 6.45) is 1.25. The predicted molar refractivity (Wildman–Crippen MR) is 71.1 cm³/mol. The van der Waals surface area contributed by atoms with Crippen LogP contribution in [-0.4, -0.2) is 36.6 Å². The van der Waals surface area contributed by atoms with Crippen LogP contribution in [0.15, 0.2) is 30.3 Å². The highest BCUT2D eigenvalue weighted by atomic mass is 16.6. The number of methoxy groups -OCH3 is 1. The second kappa shape index (κ2) is 6.22. The van der Waals surface area contributed by atoms with E-state index >= 15 is 0 Å². The van der Waals surface area contributed by atoms with E-state index in [1.165, 1.54) is 7.11 Å². The van der Waals surface area contributed by atoms with E-state index in [9.17, 15) is 4.79 Å². The van der Waals surface area contributed by atoms with Gasteiger partial charge in [0.05, 0.1) is 7.11 Å². The maximum Gasteiger partial charge on any atom is 0.410 e. The second-order valence-electron chi connectivity index (χ2n) is 4.46. The van der Waals surface area contributed by atoms with Gasteiger partial charge in [0.25, 0.3) is 0 Å². The van der Waals surface area contributed by atoms with Crippen LogP contribution in [0, 0.1) is 5.41 Å². The number of benzene rings is 1. The van der Waals surface area contributed by atoms with Gasteiger partial charge in [0.1, 0.15) is 12.6 Å². The van der Waals surface area contributed by atoms with Crippen LogP contribution in [0.25, 0.3) is 0 Å². The molecule has 1 N–H and O–H groups in total. The average Bonchev–Trinajstić information content (AvgIpc) is 2.94. The quantitative estimate of drug-likeness (QED) is 0.672. The largest absolute Gasteiger partial charge is 0.483 e. The number of likely N-dealkylation sites (tertiary alicyclic amines) is 1. The summed E-state index contributed by atoms with van der Waals surface area (Å²) >= 11 is 0. The zero-order valence-electron chi connectivity index (χ0n) is 11.0. The lowest BCUT2D eigenvalue weighted by atomic mass is 10.2. The molecule has 0 radical (unpaired) electrons. The highest BCUT2D eigenvalue weighted by molar-refractivity contribution is 5.83. The van der Waals surface area contributed by atoms with Crippen LogP contribution in [0.1, 0.15) is 18.4 Å². The summed E-state index contributed by atoms with van der Waals surface area (Å²) in [5.41, 5.74) is 0.952. The third-order valence-corrected chi connectivity index (χ3v) is 3.22. The van der Waals surface area contributed by atoms with Crippen LogP contribution in [0.3, 0.4) is 0 Å². The van der Waals surface area contributed by atoms with E-state index in [2.05, 4.69) is 0 Å². The molecule has 5 heteroatoms. The highest BCUT2D eigenvalue weighted by Gasteiger charge is 2.33. The summed E-state index contributed by atoms with van der Waals surface area (Å²) in [6, 6.07) is 9.26. The van der Waals surface area contributed by atoms with Gasteiger partial charge < -0.3 is 9.47 Å². The van der Waals surface area contributed by atoms with Crippen molar-refractivity contribution in [1.82, 2.24) is 4.90 Å². The van der Waals surface area contributed by atoms with Crippen molar-refractivity contribution in [2.24, 2.45) is 0 Å². The number of rotatable bonds is 3. The summed E-state index contributed by atoms with van der Waals surface area (Å²) in [5, 5.41) is 7.68. The van der Waals surface area contributed by atoms with Crippen LogP contribution in [-0.2, 0) is 16.1 Å². The molecule has 102 valence electrons. The fourth-order valence-electron chi connectivity index (χ4n) is 2.20. The Morgan fingerprint density at radius 2 is 2.16 bits per heavy atom. The Hall–Kier alpha value is -2.04. The number of carbonyl (C=O) groups excluding carboxylic acids is 1. The van der Waals surface area contributed by atoms with Crippen molar-refractivity contribution < 1.29 is 14.3 Å². The predicted octanol–water partition coefficient (Wildman–Crippen LogP) is 2.41. The molecule has 1 aliphatic heterocycles. The van der Waals surface area contributed by atoms with Gasteiger partial charge in [-0.3, -0.25) is 10.3 Å². The minimum Gasteiger partial charge on any atom is -0.483 e. The highest BCUT2D eigenvalue weighted by Crippen LogP contribution is 2.19. The van der Waals surface area contributed by atoms with Crippen molar-refractivity contribution in [3.8, 4) is 0 Å². The smallest absolute Gasteiger partial charge is 0.410 e. The van der Waals surface area contributed by atoms with Gasteiger partial charge in [-0.1, -0.05) is 30.3 Å². The first-order chi connectivity index (χ1) is 9.22. The third-order valence-electron chi connectivity index (χ3n) is 3.22. The first kappa shape index (κ1) is 13.4. The molecule has 1 aromatic rings. The molecule has 1 amide bonds. The molecule has 1 heterocycles. The summed E-state index contributed by atoms with van der Waals surface area (Å²) in [7, 11) is 1.45. The lowest BCUT2D eigenvalue weighted by Crippen LogP contribution is -2.41. The Labute approximate surface area is 112 Å². The molecular weight excluding hydrogens is 244 g/mol. The number of amides is 1. The van der Waals surface area contributed by atoms with Crippen molar-refractivity contribution in [1.29, 1.82) is 5.41 Å². The summed E-state index contributed by atoms with van der Waals surface area (Å²) in [4.78, 5) is 13.6. The minimum absolute atomic E-state index is 0.120. The first-order valence-electron chi connectivity index (χ1n) is 6.32. The second-order valence-corrected chi connectivity index (χ2v) is 4.46. The zero-order valence-corrected chi connectivity index (χ0v) is 11.0. The Morgan fingerprint density at radius 1 is 1.42 bits per heavy atom. The normalized spacial score (nSPS) is 18.2. The average molecular weight is 262 g/mol. The molecule has 1 aromatic carbocycles. The van der Waals surface area contributed by atoms with Gasteiger partial charge in [-0.05, 0) is 18.4 Å². The summed E-state index contributed by atoms with van der Waals surface area (Å²) < 4.78 is 10.2. The van der Waals surface area contributed by atoms with E-state index < -0.39 is 0 Å². The van der Waals surface area contributed by atoms with E-state index in [-0.39, 0.29) is 24.6 Å². The Bertz CT molecular complexity index is 447. The summed E-state index contributed by atoms with van der Waals surface area (Å²) in [5.74, 6) is 0.120. The zero-order chi connectivity index (χ0) is 13.7. The van der Waals surface area contributed by atoms with Gasteiger partial charge in [0.2, 0.25) is 5.90 Å². The van der Waals surface area contributed by atoms with Gasteiger partial charge in [0, 0.05) is 6.54 Å². The number of nitrogens with zero attached hydrogens (tertiary/aromatic N) is 1. The topological polar surface area (TPSA) is 62.6 Å². The molecule has 0 saturated carbocycles. The molecule has 0 bridgehead atoms. The molecule has 1 saturated heterocycles. The molecule has 0 spiro atoms. The molecule has 1 aliphatic rings. The monoisotopic (exact) mass is 262 g/mol. The molecular formula is C14H18N2O3. The lowest BCUT2D eigenvalue weighted by molar-refractivity contribution is 0.0966. The van der Waals surface area contributed by atoms with E-state index in [1.54, 1.807) is 4.90 Å². The van der Waals surface area contributed by atoms with Crippen LogP contribution in [0.4, 0.5) is 4.79 Å². The van der Waals surface area contributed by atoms with Gasteiger partial charge in [-0.25, -0.2) is 4.79 Å². The Morgan fingerprint density at radius 3 is 2.84 bits per heavy atom. The fourth-order valence-corrected chi connectivity index (χ4v) is 2.20. The van der Waals surface area contributed by atoms with Gasteiger partial charge in [0.15, 0.2) is 0 Å². The maximum atomic E-state index is 12.0. The molecule has 1 atom stereocenters. The van der Waals surface area contributed by atoms with Gasteiger partial charge in [-0.15, -0.1) is 0 Å². The molecule has 5 nitrogen and oxygen atoms in total. The SMILES string of the molecule is COC(=N)C1CCCN1C(=O)OCc1ccccc1. The third kappa shape index (κ3) is 3.24. The standard InChI is InChI=1S/C14H18N2O3/c1-18-13(15)12-8-5-9-16(12)14(17)19-10-11-6-3-2-4-7-11/h2-4,6-7,12,15H,5,8-10H2,1H3. The van der Waals surface area contributed by atoms with Crippen molar-refractivity contribution in [2.75, 3.05) is 13.7 Å². The number of nitrogens with one attached hydrogen (secondary N) is 1. The van der Waals surface area contributed by atoms with E-state index in [1.807, 2.05) is 30.3 Å². The first-order valence-corrected chi connectivity index (χ1v) is 6.32. The Balaban J connectivity index is 1.90. The number of carbonyl (C=O) groups is 1. The van der Waals surface area contributed by atoms with Gasteiger partial charge in [-0.2, -0.15) is 0 Å². The van der Waals surface area contributed by atoms with Crippen molar-refractivity contribution in [3.63, 3.8) is 0 Å². The van der Waals surface area contributed by atoms with Crippen LogP contribution >= 0.6 is 0 Å². The van der Waals surface area contributed by atoms with Gasteiger partial charge >= 0.3 is 6.09 Å². The Kier molecular flexibility index (Phi) is 4.39. The van der Waals surface area contributed by atoms with E-state index in [4.69, 9.17) is 14.9 Å². The van der Waals surface area contributed by atoms with Crippen molar-refractivity contribution >= 4 is 12.0 Å². The number of hydrogen-bond acceptors (Lipinski definition) is 4. The molecule has 1 fully saturated rings. The molecule has 19 heavy (non-hydrogen) atoms. The number of hydrogen-bond donors (Lipinski definition) is 1. The fraction of sp³-hybridized carbons (Fsp3) is 0.429. The summed E-state index contributed by atoms with van der Waals surface area (Å²) in [6.45, 7) is 0.868. The molecule has 2 rings (SSSR count). The van der Waals surface area contributed by atoms with E-state index in [0.29, 0.717) is 6.54 Å². The van der Waals surface area contributed by atoms with Crippen molar-refractivity contribution in [2.45, 2.75) is 25.5 Å². The molecule has 0 aromatic heterocycles. The molecule has 1 unspecified atom stereocenters. The van der Waals surface area contributed by atoms with Crippen LogP contribution in [0.2, 0.25) is 0 Å². The van der Waals surface area contributed by atoms with Crippen LogP contribution < -0.4 is 0 Å². The van der Waals surface area contributed by atoms with Crippen LogP contribution in [0.5, 0.6) is 0 Å².